The summed E-state index contributed by atoms with van der Waals surface area (Å²) in [6.07, 6.45) is -4.21. The molecular weight excluding hydrogens is 516 g/mol. The van der Waals surface area contributed by atoms with Gasteiger partial charge in [-0.2, -0.15) is 0 Å². The molecule has 5 atom stereocenters. The molecule has 1 unspecified atom stereocenters. The second-order valence-corrected chi connectivity index (χ2v) is 8.47. The van der Waals surface area contributed by atoms with E-state index in [4.69, 9.17) is 30.1 Å². The van der Waals surface area contributed by atoms with E-state index in [-0.39, 0.29) is 17.0 Å². The van der Waals surface area contributed by atoms with Gasteiger partial charge in [0.05, 0.1) is 12.9 Å². The molecule has 1 fully saturated rings. The molecule has 3 heterocycles. The van der Waals surface area contributed by atoms with E-state index in [1.807, 2.05) is 22.6 Å². The Morgan fingerprint density at radius 3 is 2.68 bits per heavy atom. The molecule has 16 heteroatoms. The van der Waals surface area contributed by atoms with E-state index in [9.17, 15) is 19.6 Å². The number of carbonyl (C=O) groups is 1. The van der Waals surface area contributed by atoms with Crippen LogP contribution in [-0.4, -0.2) is 81.4 Å². The van der Waals surface area contributed by atoms with Gasteiger partial charge < -0.3 is 40.3 Å². The number of ether oxygens (including phenoxy) is 2. The molecule has 2 aromatic rings. The molecule has 3 rings (SSSR count). The first kappa shape index (κ1) is 21.3. The maximum atomic E-state index is 11.2. The van der Waals surface area contributed by atoms with Gasteiger partial charge in [0.2, 0.25) is 0 Å². The van der Waals surface area contributed by atoms with Crippen molar-refractivity contribution in [3.8, 4) is 0 Å². The molecule has 14 nitrogen and oxygen atoms in total. The van der Waals surface area contributed by atoms with Crippen molar-refractivity contribution in [2.24, 2.45) is 0 Å². The number of hydrogen-bond donors (Lipinski definition) is 6. The van der Waals surface area contributed by atoms with Crippen molar-refractivity contribution in [3.63, 3.8) is 0 Å². The van der Waals surface area contributed by atoms with Crippen LogP contribution in [0.5, 0.6) is 0 Å². The quantitative estimate of drug-likeness (QED) is 0.138. The third kappa shape index (κ3) is 3.97. The number of aliphatic carboxylic acids is 1. The first-order valence-corrected chi connectivity index (χ1v) is 10.3. The number of nitrogens with two attached hydrogens (primary N) is 1. The summed E-state index contributed by atoms with van der Waals surface area (Å²) < 4.78 is 23.0. The summed E-state index contributed by atoms with van der Waals surface area (Å²) in [4.78, 5) is 41.2. The Hall–Kier alpha value is -1.46. The molecule has 1 aliphatic rings. The lowest BCUT2D eigenvalue weighted by Crippen LogP contribution is -2.36. The third-order valence-corrected chi connectivity index (χ3v) is 5.43. The lowest BCUT2D eigenvalue weighted by atomic mass is 10.1. The Balaban J connectivity index is 1.81. The topological polar surface area (TPSA) is 223 Å². The van der Waals surface area contributed by atoms with Gasteiger partial charge in [-0.15, -0.1) is 0 Å². The zero-order valence-corrected chi connectivity index (χ0v) is 16.8. The molecule has 1 aliphatic heterocycles. The molecule has 0 bridgehead atoms. The first-order valence-electron chi connectivity index (χ1n) is 7.57. The lowest BCUT2D eigenvalue weighted by Gasteiger charge is -2.19. The van der Waals surface area contributed by atoms with Crippen molar-refractivity contribution < 1.29 is 43.9 Å². The van der Waals surface area contributed by atoms with Gasteiger partial charge in [-0.1, -0.05) is 0 Å². The third-order valence-electron chi connectivity index (χ3n) is 3.97. The summed E-state index contributed by atoms with van der Waals surface area (Å²) in [5.74, 6) is -4.20. The van der Waals surface area contributed by atoms with Crippen molar-refractivity contribution in [3.05, 3.63) is 10.2 Å². The molecule has 0 aliphatic carbocycles. The van der Waals surface area contributed by atoms with Gasteiger partial charge >= 0.3 is 13.6 Å². The minimum atomic E-state index is -5.10. The Morgan fingerprint density at radius 2 is 2.07 bits per heavy atom. The fourth-order valence-corrected chi connectivity index (χ4v) is 3.75. The van der Waals surface area contributed by atoms with Crippen LogP contribution in [0, 0.1) is 3.83 Å². The Labute approximate surface area is 169 Å². The second-order valence-electron chi connectivity index (χ2n) is 5.86. The van der Waals surface area contributed by atoms with Crippen LogP contribution in [0.15, 0.2) is 6.33 Å². The highest BCUT2D eigenvalue weighted by Crippen LogP contribution is 2.42. The average Bonchev–Trinajstić information content (AvgIpc) is 3.09. The van der Waals surface area contributed by atoms with Crippen LogP contribution >= 0.6 is 30.2 Å². The highest BCUT2D eigenvalue weighted by molar-refractivity contribution is 14.1. The number of aromatic nitrogens is 4. The maximum absolute atomic E-state index is 11.2. The summed E-state index contributed by atoms with van der Waals surface area (Å²) in [5, 5.41) is 29.3. The van der Waals surface area contributed by atoms with Gasteiger partial charge in [0, 0.05) is 22.6 Å². The number of fused-ring (bicyclic) bond motifs is 1. The first-order chi connectivity index (χ1) is 13.0. The second kappa shape index (κ2) is 7.75. The van der Waals surface area contributed by atoms with E-state index in [2.05, 4.69) is 15.0 Å². The molecule has 28 heavy (non-hydrogen) atoms. The van der Waals surface area contributed by atoms with Crippen LogP contribution in [-0.2, 0) is 18.8 Å². The lowest BCUT2D eigenvalue weighted by molar-refractivity contribution is -0.149. The highest BCUT2D eigenvalue weighted by Gasteiger charge is 2.46. The SMILES string of the molecule is Nc1nc(I)nc2c1ncn2[C@@H]1O[C@H](COC(C(=O)O)P(=O)(O)O)[C@H](O)[C@H]1O. The molecular formula is C12H15IN5O9P. The number of imidazole rings is 1. The largest absolute Gasteiger partial charge is 0.479 e. The number of nitrogens with zero attached hydrogens (tertiary/aromatic N) is 4. The average molecular weight is 531 g/mol. The summed E-state index contributed by atoms with van der Waals surface area (Å²) >= 11 is 1.83. The van der Waals surface area contributed by atoms with E-state index >= 15 is 0 Å². The zero-order valence-electron chi connectivity index (χ0n) is 13.7. The van der Waals surface area contributed by atoms with Gasteiger partial charge in [-0.3, -0.25) is 9.13 Å². The summed E-state index contributed by atoms with van der Waals surface area (Å²) in [7, 11) is -5.10. The van der Waals surface area contributed by atoms with Crippen molar-refractivity contribution in [2.75, 3.05) is 12.3 Å². The molecule has 154 valence electrons. The number of anilines is 1. The van der Waals surface area contributed by atoms with Gasteiger partial charge in [-0.25, -0.2) is 19.7 Å². The Morgan fingerprint density at radius 1 is 1.39 bits per heavy atom. The normalized spacial score (nSPS) is 26.6. The molecule has 0 radical (unpaired) electrons. The van der Waals surface area contributed by atoms with Crippen molar-refractivity contribution in [2.45, 2.75) is 30.4 Å². The summed E-state index contributed by atoms with van der Waals surface area (Å²) in [5.41, 5.74) is 6.25. The number of carboxylic acid groups (broad SMARTS) is 1. The van der Waals surface area contributed by atoms with Gasteiger partial charge in [-0.05, 0) is 0 Å². The number of rotatable bonds is 6. The van der Waals surface area contributed by atoms with Crippen molar-refractivity contribution >= 4 is 53.1 Å². The minimum absolute atomic E-state index is 0.104. The molecule has 7 N–H and O–H groups in total. The van der Waals surface area contributed by atoms with Crippen LogP contribution < -0.4 is 5.73 Å². The fourth-order valence-electron chi connectivity index (χ4n) is 2.69. The van der Waals surface area contributed by atoms with Crippen LogP contribution in [0.4, 0.5) is 5.82 Å². The zero-order chi connectivity index (χ0) is 20.8. The van der Waals surface area contributed by atoms with Gasteiger partial charge in [0.15, 0.2) is 21.5 Å². The number of nitrogen functional groups attached to an aromatic ring is 1. The molecule has 0 saturated carbocycles. The monoisotopic (exact) mass is 531 g/mol. The Bertz CT molecular complexity index is 951. The van der Waals surface area contributed by atoms with E-state index in [1.54, 1.807) is 0 Å². The number of aliphatic hydroxyl groups is 2. The number of carboxylic acids is 1. The molecule has 0 aromatic carbocycles. The van der Waals surface area contributed by atoms with E-state index < -0.39 is 50.6 Å². The maximum Gasteiger partial charge on any atom is 0.365 e. The van der Waals surface area contributed by atoms with Crippen LogP contribution in [0.25, 0.3) is 11.2 Å². The summed E-state index contributed by atoms with van der Waals surface area (Å²) in [6, 6.07) is 0. The Kier molecular flexibility index (Phi) is 5.88. The van der Waals surface area contributed by atoms with Crippen molar-refractivity contribution in [1.29, 1.82) is 0 Å². The molecule has 1 saturated heterocycles. The van der Waals surface area contributed by atoms with Crippen LogP contribution in [0.3, 0.4) is 0 Å². The number of halogens is 1. The number of aliphatic hydroxyl groups excluding tert-OH is 2. The van der Waals surface area contributed by atoms with Crippen LogP contribution in [0.1, 0.15) is 6.23 Å². The van der Waals surface area contributed by atoms with Crippen LogP contribution in [0.2, 0.25) is 0 Å². The van der Waals surface area contributed by atoms with Gasteiger partial charge in [0.1, 0.15) is 23.8 Å². The minimum Gasteiger partial charge on any atom is -0.479 e. The fraction of sp³-hybridized carbons (Fsp3) is 0.500. The van der Waals surface area contributed by atoms with E-state index in [0.717, 1.165) is 0 Å². The summed E-state index contributed by atoms with van der Waals surface area (Å²) in [6.45, 7) is -0.696. The van der Waals surface area contributed by atoms with Gasteiger partial charge in [0.25, 0.3) is 5.85 Å². The predicted octanol–water partition coefficient (Wildman–Crippen LogP) is -1.76. The van der Waals surface area contributed by atoms with E-state index in [0.29, 0.717) is 3.83 Å². The molecule has 2 aromatic heterocycles. The van der Waals surface area contributed by atoms with E-state index in [1.165, 1.54) is 10.9 Å². The smallest absolute Gasteiger partial charge is 0.365 e. The standard InChI is InChI=1S/C12H15IN5O9P/c13-12-16-7(14)4-8(17-12)18(2-15-4)9-6(20)5(19)3(27-9)1-26-11(10(21)22)28(23,24)25/h2-3,5-6,9,11,19-20H,1H2,(H,21,22)(H2,14,16,17)(H2,23,24,25)/t3-,5+,6-,9-,11?/m1/s1. The number of hydrogen-bond acceptors (Lipinski definition) is 10. The molecule has 0 spiro atoms. The predicted molar refractivity (Wildman–Crippen MR) is 97.8 cm³/mol. The van der Waals surface area contributed by atoms with Crippen molar-refractivity contribution in [1.82, 2.24) is 19.5 Å². The highest BCUT2D eigenvalue weighted by atomic mass is 127. The molecule has 0 amide bonds.